The molecule has 0 aromatic heterocycles. The van der Waals surface area contributed by atoms with E-state index in [0.717, 1.165) is 50.5 Å². The fraction of sp³-hybridized carbons (Fsp3) is 0.619. The van der Waals surface area contributed by atoms with Crippen LogP contribution in [0.15, 0.2) is 36.9 Å². The first kappa shape index (κ1) is 19.1. The third-order valence-electron chi connectivity index (χ3n) is 5.26. The van der Waals surface area contributed by atoms with Crippen molar-refractivity contribution in [3.8, 4) is 0 Å². The van der Waals surface area contributed by atoms with Crippen LogP contribution in [0.4, 0.5) is 8.78 Å². The Hall–Kier alpha value is -1.22. The number of aryl methyl sites for hydroxylation is 1. The van der Waals surface area contributed by atoms with Gasteiger partial charge in [-0.3, -0.25) is 0 Å². The van der Waals surface area contributed by atoms with Crippen molar-refractivity contribution in [2.75, 3.05) is 0 Å². The van der Waals surface area contributed by atoms with Crippen LogP contribution in [0.25, 0.3) is 0 Å². The lowest BCUT2D eigenvalue weighted by Gasteiger charge is -2.33. The topological polar surface area (TPSA) is 9.23 Å². The Balaban J connectivity index is 1.84. The Labute approximate surface area is 145 Å². The van der Waals surface area contributed by atoms with Gasteiger partial charge in [0.2, 0.25) is 0 Å². The molecule has 1 aromatic carbocycles. The molecule has 1 aliphatic rings. The van der Waals surface area contributed by atoms with Crippen LogP contribution in [0.5, 0.6) is 0 Å². The number of allylic oxidation sites excluding steroid dienone is 1. The minimum atomic E-state index is -2.41. The smallest absolute Gasteiger partial charge is 0.264 e. The summed E-state index contributed by atoms with van der Waals surface area (Å²) >= 11 is 0. The van der Waals surface area contributed by atoms with E-state index in [1.54, 1.807) is 0 Å². The zero-order chi connectivity index (χ0) is 17.4. The maximum Gasteiger partial charge on any atom is 0.264 e. The molecule has 1 atom stereocenters. The highest BCUT2D eigenvalue weighted by molar-refractivity contribution is 5.21. The van der Waals surface area contributed by atoms with Gasteiger partial charge in [-0.1, -0.05) is 50.1 Å². The van der Waals surface area contributed by atoms with Gasteiger partial charge in [-0.05, 0) is 55.1 Å². The van der Waals surface area contributed by atoms with Gasteiger partial charge in [0.25, 0.3) is 6.43 Å². The first-order valence-corrected chi connectivity index (χ1v) is 9.22. The van der Waals surface area contributed by atoms with Crippen LogP contribution in [0.2, 0.25) is 0 Å². The standard InChI is InChI=1S/C21H30F2O/c1-3-5-6-17-11-13-19(14-12-17)20(21(22)23)24-15-18-9-7-16(4-2)8-10-18/h3,7-10,17,19-21H,1,4-6,11-15H2,2H3. The van der Waals surface area contributed by atoms with E-state index in [-0.39, 0.29) is 12.5 Å². The molecule has 1 unspecified atom stereocenters. The summed E-state index contributed by atoms with van der Waals surface area (Å²) in [6.45, 7) is 6.13. The van der Waals surface area contributed by atoms with Crippen molar-refractivity contribution in [2.45, 2.75) is 71.0 Å². The third-order valence-corrected chi connectivity index (χ3v) is 5.26. The highest BCUT2D eigenvalue weighted by atomic mass is 19.3. The molecular weight excluding hydrogens is 306 g/mol. The molecule has 1 fully saturated rings. The molecular formula is C21H30F2O. The molecule has 1 aliphatic carbocycles. The second kappa shape index (κ2) is 9.93. The van der Waals surface area contributed by atoms with Crippen LogP contribution in [0, 0.1) is 11.8 Å². The lowest BCUT2D eigenvalue weighted by molar-refractivity contribution is -0.102. The van der Waals surface area contributed by atoms with Crippen molar-refractivity contribution in [1.82, 2.24) is 0 Å². The Morgan fingerprint density at radius 3 is 2.29 bits per heavy atom. The first-order chi connectivity index (χ1) is 11.6. The van der Waals surface area contributed by atoms with E-state index in [1.807, 2.05) is 30.3 Å². The van der Waals surface area contributed by atoms with Gasteiger partial charge < -0.3 is 4.74 Å². The monoisotopic (exact) mass is 336 g/mol. The van der Waals surface area contributed by atoms with Crippen LogP contribution in [-0.4, -0.2) is 12.5 Å². The van der Waals surface area contributed by atoms with Crippen LogP contribution in [0.3, 0.4) is 0 Å². The highest BCUT2D eigenvalue weighted by Crippen LogP contribution is 2.36. The summed E-state index contributed by atoms with van der Waals surface area (Å²) in [5, 5.41) is 0. The summed E-state index contributed by atoms with van der Waals surface area (Å²) in [4.78, 5) is 0. The van der Waals surface area contributed by atoms with E-state index in [4.69, 9.17) is 4.74 Å². The van der Waals surface area contributed by atoms with Crippen molar-refractivity contribution < 1.29 is 13.5 Å². The van der Waals surface area contributed by atoms with Crippen molar-refractivity contribution >= 4 is 0 Å². The molecule has 2 rings (SSSR count). The van der Waals surface area contributed by atoms with Crippen LogP contribution < -0.4 is 0 Å². The van der Waals surface area contributed by atoms with Gasteiger partial charge in [-0.2, -0.15) is 0 Å². The zero-order valence-corrected chi connectivity index (χ0v) is 14.7. The largest absolute Gasteiger partial charge is 0.367 e. The van der Waals surface area contributed by atoms with Gasteiger partial charge in [0.05, 0.1) is 6.61 Å². The predicted octanol–water partition coefficient (Wildman–Crippen LogP) is 6.17. The maximum absolute atomic E-state index is 13.5. The minimum absolute atomic E-state index is 0.0140. The lowest BCUT2D eigenvalue weighted by atomic mass is 9.77. The van der Waals surface area contributed by atoms with Crippen LogP contribution in [0.1, 0.15) is 56.6 Å². The van der Waals surface area contributed by atoms with Crippen molar-refractivity contribution in [1.29, 1.82) is 0 Å². The van der Waals surface area contributed by atoms with Crippen molar-refractivity contribution in [3.05, 3.63) is 48.0 Å². The number of hydrogen-bond donors (Lipinski definition) is 0. The summed E-state index contributed by atoms with van der Waals surface area (Å²) in [6.07, 6.45) is 5.53. The van der Waals surface area contributed by atoms with E-state index in [1.165, 1.54) is 5.56 Å². The summed E-state index contributed by atoms with van der Waals surface area (Å²) < 4.78 is 32.6. The number of alkyl halides is 2. The molecule has 134 valence electrons. The zero-order valence-electron chi connectivity index (χ0n) is 14.7. The number of hydrogen-bond acceptors (Lipinski definition) is 1. The van der Waals surface area contributed by atoms with Gasteiger partial charge in [-0.15, -0.1) is 6.58 Å². The van der Waals surface area contributed by atoms with E-state index in [0.29, 0.717) is 5.92 Å². The second-order valence-corrected chi connectivity index (χ2v) is 6.93. The van der Waals surface area contributed by atoms with Gasteiger partial charge in [0, 0.05) is 0 Å². The number of ether oxygens (including phenoxy) is 1. The van der Waals surface area contributed by atoms with Crippen molar-refractivity contribution in [2.24, 2.45) is 11.8 Å². The molecule has 1 nitrogen and oxygen atoms in total. The molecule has 0 aliphatic heterocycles. The van der Waals surface area contributed by atoms with Gasteiger partial charge in [-0.25, -0.2) is 8.78 Å². The second-order valence-electron chi connectivity index (χ2n) is 6.93. The highest BCUT2D eigenvalue weighted by Gasteiger charge is 2.33. The fourth-order valence-corrected chi connectivity index (χ4v) is 3.64. The minimum Gasteiger partial charge on any atom is -0.367 e. The molecule has 0 heterocycles. The normalized spacial score (nSPS) is 22.5. The Kier molecular flexibility index (Phi) is 7.90. The van der Waals surface area contributed by atoms with E-state index in [9.17, 15) is 8.78 Å². The third kappa shape index (κ3) is 5.70. The molecule has 0 N–H and O–H groups in total. The lowest BCUT2D eigenvalue weighted by Crippen LogP contribution is -2.34. The molecule has 24 heavy (non-hydrogen) atoms. The van der Waals surface area contributed by atoms with Crippen molar-refractivity contribution in [3.63, 3.8) is 0 Å². The molecule has 3 heteroatoms. The molecule has 0 amide bonds. The Morgan fingerprint density at radius 1 is 1.12 bits per heavy atom. The maximum atomic E-state index is 13.5. The molecule has 1 saturated carbocycles. The summed E-state index contributed by atoms with van der Waals surface area (Å²) in [5.41, 5.74) is 2.22. The molecule has 0 bridgehead atoms. The van der Waals surface area contributed by atoms with Crippen LogP contribution >= 0.6 is 0 Å². The summed E-state index contributed by atoms with van der Waals surface area (Å²) in [5.74, 6) is 0.652. The number of benzene rings is 1. The average Bonchev–Trinajstić information content (AvgIpc) is 2.61. The van der Waals surface area contributed by atoms with Gasteiger partial charge >= 0.3 is 0 Å². The molecule has 1 aromatic rings. The SMILES string of the molecule is C=CCCC1CCC(C(OCc2ccc(CC)cc2)C(F)F)CC1. The Morgan fingerprint density at radius 2 is 1.75 bits per heavy atom. The summed E-state index contributed by atoms with van der Waals surface area (Å²) in [6, 6.07) is 8.04. The summed E-state index contributed by atoms with van der Waals surface area (Å²) in [7, 11) is 0. The van der Waals surface area contributed by atoms with Crippen LogP contribution in [-0.2, 0) is 17.8 Å². The van der Waals surface area contributed by atoms with Gasteiger partial charge in [0.1, 0.15) is 6.10 Å². The average molecular weight is 336 g/mol. The predicted molar refractivity (Wildman–Crippen MR) is 95.3 cm³/mol. The molecule has 0 radical (unpaired) electrons. The fourth-order valence-electron chi connectivity index (χ4n) is 3.64. The van der Waals surface area contributed by atoms with Gasteiger partial charge in [0.15, 0.2) is 0 Å². The Bertz CT molecular complexity index is 475. The van der Waals surface area contributed by atoms with E-state index >= 15 is 0 Å². The number of halogens is 2. The number of rotatable bonds is 9. The molecule has 0 spiro atoms. The quantitative estimate of drug-likeness (QED) is 0.490. The van der Waals surface area contributed by atoms with E-state index in [2.05, 4.69) is 13.5 Å². The first-order valence-electron chi connectivity index (χ1n) is 9.22. The molecule has 0 saturated heterocycles. The van der Waals surface area contributed by atoms with E-state index < -0.39 is 12.5 Å².